The molecule has 0 aliphatic rings. The van der Waals surface area contributed by atoms with E-state index in [0.717, 1.165) is 26.2 Å². The van der Waals surface area contributed by atoms with Crippen LogP contribution >= 0.6 is 0 Å². The van der Waals surface area contributed by atoms with E-state index in [1.54, 1.807) is 0 Å². The highest BCUT2D eigenvalue weighted by molar-refractivity contribution is 4.82. The Bertz CT molecular complexity index is 236. The van der Waals surface area contributed by atoms with Gasteiger partial charge in [0, 0.05) is 25.2 Å². The Morgan fingerprint density at radius 2 is 1.44 bits per heavy atom. The molecule has 0 saturated heterocycles. The fourth-order valence-corrected chi connectivity index (χ4v) is 1.99. The van der Waals surface area contributed by atoms with Crippen LogP contribution in [0.15, 0.2) is 0 Å². The summed E-state index contributed by atoms with van der Waals surface area (Å²) >= 11 is 0. The molecule has 0 saturated carbocycles. The molecule has 0 atom stereocenters. The first-order chi connectivity index (χ1) is 7.85. The molecule has 3 heteroatoms. The molecule has 0 aliphatic carbocycles. The van der Waals surface area contributed by atoms with E-state index in [1.807, 2.05) is 13.8 Å². The lowest BCUT2D eigenvalue weighted by Crippen LogP contribution is -2.48. The fourth-order valence-electron chi connectivity index (χ4n) is 1.99. The van der Waals surface area contributed by atoms with Crippen molar-refractivity contribution in [3.63, 3.8) is 0 Å². The third kappa shape index (κ3) is 9.86. The summed E-state index contributed by atoms with van der Waals surface area (Å²) in [4.78, 5) is 2.32. The van der Waals surface area contributed by atoms with Crippen LogP contribution < -0.4 is 5.32 Å². The molecule has 0 fully saturated rings. The van der Waals surface area contributed by atoms with E-state index in [1.165, 1.54) is 0 Å². The number of nitrogens with one attached hydrogen (secondary N) is 1. The molecule has 18 heavy (non-hydrogen) atoms. The maximum atomic E-state index is 9.92. The van der Waals surface area contributed by atoms with Crippen molar-refractivity contribution in [3.05, 3.63) is 0 Å². The van der Waals surface area contributed by atoms with Gasteiger partial charge in [-0.2, -0.15) is 0 Å². The lowest BCUT2D eigenvalue weighted by atomic mass is 9.90. The first-order valence-corrected chi connectivity index (χ1v) is 7.04. The summed E-state index contributed by atoms with van der Waals surface area (Å²) < 4.78 is 0. The lowest BCUT2D eigenvalue weighted by molar-refractivity contribution is 0.0253. The smallest absolute Gasteiger partial charge is 0.0718 e. The Kier molecular flexibility index (Phi) is 6.31. The Balaban J connectivity index is 4.35. The van der Waals surface area contributed by atoms with E-state index >= 15 is 0 Å². The Morgan fingerprint density at radius 1 is 0.944 bits per heavy atom. The predicted molar refractivity (Wildman–Crippen MR) is 79.9 cm³/mol. The summed E-state index contributed by atoms with van der Waals surface area (Å²) in [5.41, 5.74) is -0.261. The van der Waals surface area contributed by atoms with Crippen LogP contribution in [0, 0.1) is 5.41 Å². The molecule has 110 valence electrons. The number of rotatable bonds is 7. The van der Waals surface area contributed by atoms with Crippen molar-refractivity contribution in [3.8, 4) is 0 Å². The molecule has 0 aromatic carbocycles. The molecule has 0 bridgehead atoms. The number of aliphatic hydroxyl groups is 1. The maximum Gasteiger partial charge on any atom is 0.0718 e. The van der Waals surface area contributed by atoms with Gasteiger partial charge in [0.1, 0.15) is 0 Å². The molecule has 0 amide bonds. The fraction of sp³-hybridized carbons (Fsp3) is 1.00. The molecule has 0 heterocycles. The SMILES string of the molecule is CCN(CC(C)(C)O)CC(C)(C)CNC(C)(C)C. The van der Waals surface area contributed by atoms with Gasteiger partial charge in [0.2, 0.25) is 0 Å². The molecule has 0 spiro atoms. The van der Waals surface area contributed by atoms with Gasteiger partial charge in [-0.25, -0.2) is 0 Å². The van der Waals surface area contributed by atoms with Gasteiger partial charge >= 0.3 is 0 Å². The molecule has 0 aromatic heterocycles. The van der Waals surface area contributed by atoms with Crippen LogP contribution in [-0.4, -0.2) is 47.3 Å². The first kappa shape index (κ1) is 17.9. The lowest BCUT2D eigenvalue weighted by Gasteiger charge is -2.37. The molecular formula is C15H34N2O. The highest BCUT2D eigenvalue weighted by Crippen LogP contribution is 2.18. The summed E-state index contributed by atoms with van der Waals surface area (Å²) in [7, 11) is 0. The summed E-state index contributed by atoms with van der Waals surface area (Å²) in [5.74, 6) is 0. The van der Waals surface area contributed by atoms with Crippen LogP contribution in [0.4, 0.5) is 0 Å². The molecule has 0 radical (unpaired) electrons. The predicted octanol–water partition coefficient (Wildman–Crippen LogP) is 2.49. The maximum absolute atomic E-state index is 9.92. The van der Waals surface area contributed by atoms with Crippen LogP contribution in [0.3, 0.4) is 0 Å². The van der Waals surface area contributed by atoms with Crippen molar-refractivity contribution in [2.75, 3.05) is 26.2 Å². The molecule has 0 rings (SSSR count). The number of hydrogen-bond donors (Lipinski definition) is 2. The third-order valence-electron chi connectivity index (χ3n) is 2.81. The van der Waals surface area contributed by atoms with E-state index < -0.39 is 5.60 Å². The molecule has 0 aromatic rings. The minimum Gasteiger partial charge on any atom is -0.389 e. The largest absolute Gasteiger partial charge is 0.389 e. The van der Waals surface area contributed by atoms with Crippen LogP contribution in [0.2, 0.25) is 0 Å². The zero-order chi connectivity index (χ0) is 14.6. The molecule has 2 N–H and O–H groups in total. The topological polar surface area (TPSA) is 35.5 Å². The summed E-state index contributed by atoms with van der Waals surface area (Å²) in [5, 5.41) is 13.5. The van der Waals surface area contributed by atoms with Gasteiger partial charge in [-0.1, -0.05) is 20.8 Å². The minimum atomic E-state index is -0.621. The average Bonchev–Trinajstić information content (AvgIpc) is 2.10. The van der Waals surface area contributed by atoms with Gasteiger partial charge in [0.05, 0.1) is 5.60 Å². The van der Waals surface area contributed by atoms with E-state index in [0.29, 0.717) is 0 Å². The van der Waals surface area contributed by atoms with Gasteiger partial charge in [-0.15, -0.1) is 0 Å². The van der Waals surface area contributed by atoms with E-state index in [2.05, 4.69) is 51.8 Å². The first-order valence-electron chi connectivity index (χ1n) is 7.04. The molecule has 0 aliphatic heterocycles. The van der Waals surface area contributed by atoms with Crippen molar-refractivity contribution in [1.82, 2.24) is 10.2 Å². The monoisotopic (exact) mass is 258 g/mol. The normalized spacial score (nSPS) is 14.3. The Labute approximate surface area is 114 Å². The van der Waals surface area contributed by atoms with Crippen LogP contribution in [0.1, 0.15) is 55.4 Å². The standard InChI is InChI=1S/C15H34N2O/c1-9-17(12-15(7,8)18)11-14(5,6)10-16-13(2,3)4/h16,18H,9-12H2,1-8H3. The quantitative estimate of drug-likeness (QED) is 0.736. The second-order valence-corrected chi connectivity index (χ2v) is 7.88. The van der Waals surface area contributed by atoms with E-state index in [9.17, 15) is 5.11 Å². The van der Waals surface area contributed by atoms with Crippen molar-refractivity contribution < 1.29 is 5.11 Å². The Hall–Kier alpha value is -0.120. The number of likely N-dealkylation sites (N-methyl/N-ethyl adjacent to an activating group) is 1. The van der Waals surface area contributed by atoms with Crippen LogP contribution in [-0.2, 0) is 0 Å². The van der Waals surface area contributed by atoms with E-state index in [-0.39, 0.29) is 11.0 Å². The second kappa shape index (κ2) is 6.36. The van der Waals surface area contributed by atoms with Gasteiger partial charge in [-0.05, 0) is 46.6 Å². The molecule has 0 unspecified atom stereocenters. The zero-order valence-corrected chi connectivity index (χ0v) is 13.7. The average molecular weight is 258 g/mol. The second-order valence-electron chi connectivity index (χ2n) is 7.88. The molecule has 3 nitrogen and oxygen atoms in total. The number of nitrogens with zero attached hydrogens (tertiary/aromatic N) is 1. The van der Waals surface area contributed by atoms with Crippen LogP contribution in [0.5, 0.6) is 0 Å². The van der Waals surface area contributed by atoms with E-state index in [4.69, 9.17) is 0 Å². The highest BCUT2D eigenvalue weighted by Gasteiger charge is 2.26. The van der Waals surface area contributed by atoms with Crippen molar-refractivity contribution in [1.29, 1.82) is 0 Å². The minimum absolute atomic E-state index is 0.157. The summed E-state index contributed by atoms with van der Waals surface area (Å²) in [6, 6.07) is 0. The third-order valence-corrected chi connectivity index (χ3v) is 2.81. The van der Waals surface area contributed by atoms with Gasteiger partial charge in [-0.3, -0.25) is 0 Å². The number of hydrogen-bond acceptors (Lipinski definition) is 3. The molecular weight excluding hydrogens is 224 g/mol. The summed E-state index contributed by atoms with van der Waals surface area (Å²) in [6.07, 6.45) is 0. The highest BCUT2D eigenvalue weighted by atomic mass is 16.3. The van der Waals surface area contributed by atoms with Crippen molar-refractivity contribution >= 4 is 0 Å². The van der Waals surface area contributed by atoms with Crippen molar-refractivity contribution in [2.24, 2.45) is 5.41 Å². The van der Waals surface area contributed by atoms with Gasteiger partial charge in [0.15, 0.2) is 0 Å². The Morgan fingerprint density at radius 3 is 1.78 bits per heavy atom. The summed E-state index contributed by atoms with van der Waals surface area (Å²) in [6.45, 7) is 20.7. The van der Waals surface area contributed by atoms with Gasteiger partial charge in [0.25, 0.3) is 0 Å². The van der Waals surface area contributed by atoms with Crippen LogP contribution in [0.25, 0.3) is 0 Å². The van der Waals surface area contributed by atoms with Gasteiger partial charge < -0.3 is 15.3 Å². The van der Waals surface area contributed by atoms with Crippen molar-refractivity contribution in [2.45, 2.75) is 66.5 Å². The zero-order valence-electron chi connectivity index (χ0n) is 13.7.